The van der Waals surface area contributed by atoms with E-state index in [4.69, 9.17) is 4.74 Å². The lowest BCUT2D eigenvalue weighted by molar-refractivity contribution is -0.143. The van der Waals surface area contributed by atoms with Gasteiger partial charge in [-0.1, -0.05) is 25.1 Å². The van der Waals surface area contributed by atoms with Crippen molar-refractivity contribution in [1.29, 1.82) is 0 Å². The van der Waals surface area contributed by atoms with Crippen LogP contribution < -0.4 is 15.6 Å². The molecule has 2 heterocycles. The van der Waals surface area contributed by atoms with Crippen LogP contribution in [0.5, 0.6) is 5.75 Å². The van der Waals surface area contributed by atoms with Gasteiger partial charge in [-0.3, -0.25) is 10.2 Å². The fourth-order valence-electron chi connectivity index (χ4n) is 4.56. The summed E-state index contributed by atoms with van der Waals surface area (Å²) in [6.07, 6.45) is 3.67. The Morgan fingerprint density at radius 1 is 1.16 bits per heavy atom. The molecule has 0 bridgehead atoms. The van der Waals surface area contributed by atoms with E-state index in [0.29, 0.717) is 25.0 Å². The molecule has 0 aromatic heterocycles. The minimum Gasteiger partial charge on any atom is -0.486 e. The van der Waals surface area contributed by atoms with E-state index in [9.17, 15) is 4.79 Å². The molecule has 1 aliphatic carbocycles. The molecule has 1 amide bonds. The highest BCUT2D eigenvalue weighted by atomic mass is 16.5. The number of aryl methyl sites for hydroxylation is 2. The number of rotatable bonds is 3. The monoisotopic (exact) mass is 343 g/mol. The van der Waals surface area contributed by atoms with Gasteiger partial charge in [0.1, 0.15) is 17.9 Å². The van der Waals surface area contributed by atoms with E-state index in [1.807, 2.05) is 4.90 Å². The highest BCUT2D eigenvalue weighted by Crippen LogP contribution is 2.35. The van der Waals surface area contributed by atoms with E-state index in [1.54, 1.807) is 0 Å². The summed E-state index contributed by atoms with van der Waals surface area (Å²) in [6.45, 7) is 7.83. The van der Waals surface area contributed by atoms with Crippen molar-refractivity contribution in [2.24, 2.45) is 11.8 Å². The Morgan fingerprint density at radius 2 is 1.88 bits per heavy atom. The lowest BCUT2D eigenvalue weighted by Gasteiger charge is -2.42. The van der Waals surface area contributed by atoms with Crippen LogP contribution in [-0.4, -0.2) is 42.1 Å². The van der Waals surface area contributed by atoms with Crippen LogP contribution in [0, 0.1) is 25.7 Å². The van der Waals surface area contributed by atoms with Crippen LogP contribution in [0.2, 0.25) is 0 Å². The summed E-state index contributed by atoms with van der Waals surface area (Å²) in [5.74, 6) is 2.35. The molecule has 1 aromatic rings. The summed E-state index contributed by atoms with van der Waals surface area (Å²) in [7, 11) is 0. The van der Waals surface area contributed by atoms with Gasteiger partial charge in [-0.05, 0) is 50.2 Å². The molecule has 5 nitrogen and oxygen atoms in total. The predicted molar refractivity (Wildman–Crippen MR) is 97.3 cm³/mol. The molecule has 0 spiro atoms. The van der Waals surface area contributed by atoms with Crippen LogP contribution in [-0.2, 0) is 4.79 Å². The molecule has 4 unspecified atom stereocenters. The second-order valence-corrected chi connectivity index (χ2v) is 8.16. The Morgan fingerprint density at radius 3 is 2.60 bits per heavy atom. The summed E-state index contributed by atoms with van der Waals surface area (Å²) in [6, 6.07) is 6.57. The first kappa shape index (κ1) is 16.9. The third-order valence-electron chi connectivity index (χ3n) is 6.13. The van der Waals surface area contributed by atoms with Gasteiger partial charge < -0.3 is 9.64 Å². The number of nitrogens with one attached hydrogen (secondary N) is 2. The topological polar surface area (TPSA) is 53.6 Å². The number of hydrogen-bond donors (Lipinski definition) is 2. The lowest BCUT2D eigenvalue weighted by Crippen LogP contribution is -2.61. The highest BCUT2D eigenvalue weighted by molar-refractivity contribution is 5.83. The standard InChI is InChI=1S/C20H29N3O2/c1-12-7-8-17-16(9-12)18(22-21-17)20(24)23-10-15(11-23)25-19-13(2)5-4-6-14(19)3/h4-6,12,15-18,21-22H,7-11H2,1-3H3. The Hall–Kier alpha value is -1.59. The molecule has 25 heavy (non-hydrogen) atoms. The van der Waals surface area contributed by atoms with E-state index < -0.39 is 0 Å². The van der Waals surface area contributed by atoms with Crippen LogP contribution in [0.4, 0.5) is 0 Å². The molecular formula is C20H29N3O2. The second-order valence-electron chi connectivity index (χ2n) is 8.16. The zero-order valence-corrected chi connectivity index (χ0v) is 15.4. The Labute approximate surface area is 150 Å². The quantitative estimate of drug-likeness (QED) is 0.883. The number of para-hydroxylation sites is 1. The van der Waals surface area contributed by atoms with Crippen LogP contribution in [0.1, 0.15) is 37.3 Å². The number of hydrogen-bond acceptors (Lipinski definition) is 4. The lowest BCUT2D eigenvalue weighted by atomic mass is 9.76. The molecule has 2 aliphatic heterocycles. The van der Waals surface area contributed by atoms with E-state index in [0.717, 1.165) is 29.2 Å². The van der Waals surface area contributed by atoms with E-state index in [1.165, 1.54) is 12.8 Å². The molecule has 1 saturated carbocycles. The fourth-order valence-corrected chi connectivity index (χ4v) is 4.56. The second kappa shape index (κ2) is 6.61. The van der Waals surface area contributed by atoms with Gasteiger partial charge in [-0.15, -0.1) is 0 Å². The number of fused-ring (bicyclic) bond motifs is 1. The van der Waals surface area contributed by atoms with Crippen LogP contribution in [0.25, 0.3) is 0 Å². The molecule has 3 fully saturated rings. The number of carbonyl (C=O) groups excluding carboxylic acids is 1. The third kappa shape index (κ3) is 3.15. The van der Waals surface area contributed by atoms with Crippen LogP contribution in [0.15, 0.2) is 18.2 Å². The van der Waals surface area contributed by atoms with Crippen molar-refractivity contribution in [2.45, 2.75) is 58.2 Å². The average molecular weight is 343 g/mol. The average Bonchev–Trinajstić information content (AvgIpc) is 2.95. The number of benzene rings is 1. The van der Waals surface area contributed by atoms with E-state index in [-0.39, 0.29) is 18.1 Å². The highest BCUT2D eigenvalue weighted by Gasteiger charge is 2.46. The molecule has 5 heteroatoms. The van der Waals surface area contributed by atoms with Gasteiger partial charge in [0.2, 0.25) is 5.91 Å². The van der Waals surface area contributed by atoms with Crippen LogP contribution in [0.3, 0.4) is 0 Å². The van der Waals surface area contributed by atoms with Crippen LogP contribution >= 0.6 is 0 Å². The van der Waals surface area contributed by atoms with Gasteiger partial charge in [-0.2, -0.15) is 0 Å². The van der Waals surface area contributed by atoms with Crippen molar-refractivity contribution in [2.75, 3.05) is 13.1 Å². The van der Waals surface area contributed by atoms with E-state index in [2.05, 4.69) is 49.8 Å². The van der Waals surface area contributed by atoms with Crippen molar-refractivity contribution in [1.82, 2.24) is 15.8 Å². The SMILES string of the molecule is Cc1cccc(C)c1OC1CN(C(=O)C2NNC3CCC(C)CC32)C1. The molecule has 2 N–H and O–H groups in total. The number of likely N-dealkylation sites (tertiary alicyclic amines) is 1. The normalized spacial score (nSPS) is 32.2. The first-order valence-corrected chi connectivity index (χ1v) is 9.55. The van der Waals surface area contributed by atoms with Gasteiger partial charge in [0, 0.05) is 12.0 Å². The minimum absolute atomic E-state index is 0.0751. The Bertz CT molecular complexity index is 636. The van der Waals surface area contributed by atoms with Crippen molar-refractivity contribution < 1.29 is 9.53 Å². The first-order chi connectivity index (χ1) is 12.0. The third-order valence-corrected chi connectivity index (χ3v) is 6.13. The predicted octanol–water partition coefficient (Wildman–Crippen LogP) is 2.17. The number of nitrogens with zero attached hydrogens (tertiary/aromatic N) is 1. The number of ether oxygens (including phenoxy) is 1. The summed E-state index contributed by atoms with van der Waals surface area (Å²) < 4.78 is 6.15. The Kier molecular flexibility index (Phi) is 4.46. The summed E-state index contributed by atoms with van der Waals surface area (Å²) in [4.78, 5) is 14.8. The zero-order valence-electron chi connectivity index (χ0n) is 15.4. The molecule has 2 saturated heterocycles. The molecule has 1 aromatic carbocycles. The summed E-state index contributed by atoms with van der Waals surface area (Å²) in [5.41, 5.74) is 8.93. The molecular weight excluding hydrogens is 314 g/mol. The van der Waals surface area contributed by atoms with Gasteiger partial charge >= 0.3 is 0 Å². The van der Waals surface area contributed by atoms with Gasteiger partial charge in [-0.25, -0.2) is 5.43 Å². The van der Waals surface area contributed by atoms with Crippen molar-refractivity contribution in [3.63, 3.8) is 0 Å². The van der Waals surface area contributed by atoms with E-state index >= 15 is 0 Å². The molecule has 136 valence electrons. The van der Waals surface area contributed by atoms with Crippen molar-refractivity contribution in [3.8, 4) is 5.75 Å². The molecule has 0 radical (unpaired) electrons. The smallest absolute Gasteiger partial charge is 0.241 e. The summed E-state index contributed by atoms with van der Waals surface area (Å²) in [5, 5.41) is 0. The summed E-state index contributed by atoms with van der Waals surface area (Å²) >= 11 is 0. The van der Waals surface area contributed by atoms with Crippen molar-refractivity contribution >= 4 is 5.91 Å². The Balaban J connectivity index is 1.34. The minimum atomic E-state index is -0.0751. The molecule has 4 atom stereocenters. The van der Waals surface area contributed by atoms with Gasteiger partial charge in [0.15, 0.2) is 0 Å². The fraction of sp³-hybridized carbons (Fsp3) is 0.650. The maximum Gasteiger partial charge on any atom is 0.241 e. The van der Waals surface area contributed by atoms with Crippen molar-refractivity contribution in [3.05, 3.63) is 29.3 Å². The number of carbonyl (C=O) groups is 1. The number of hydrazine groups is 1. The number of amides is 1. The van der Waals surface area contributed by atoms with Gasteiger partial charge in [0.05, 0.1) is 13.1 Å². The molecule has 3 aliphatic rings. The maximum absolute atomic E-state index is 12.9. The van der Waals surface area contributed by atoms with Gasteiger partial charge in [0.25, 0.3) is 0 Å². The largest absolute Gasteiger partial charge is 0.486 e. The first-order valence-electron chi connectivity index (χ1n) is 9.55. The maximum atomic E-state index is 12.9. The molecule has 4 rings (SSSR count). The zero-order chi connectivity index (χ0) is 17.6.